The second-order valence-corrected chi connectivity index (χ2v) is 3.49. The molecule has 0 fully saturated rings. The first kappa shape index (κ1) is 9.77. The van der Waals surface area contributed by atoms with E-state index in [-0.39, 0.29) is 0 Å². The van der Waals surface area contributed by atoms with Gasteiger partial charge in [0.05, 0.1) is 9.50 Å². The van der Waals surface area contributed by atoms with Crippen LogP contribution in [-0.2, 0) is 0 Å². The molecule has 3 nitrogen and oxygen atoms in total. The van der Waals surface area contributed by atoms with Crippen LogP contribution in [0.5, 0.6) is 0 Å². The van der Waals surface area contributed by atoms with E-state index >= 15 is 0 Å². The monoisotopic (exact) mass is 249 g/mol. The predicted molar refractivity (Wildman–Crippen MR) is 54.5 cm³/mol. The second-order valence-electron chi connectivity index (χ2n) is 2.20. The highest BCUT2D eigenvalue weighted by Crippen LogP contribution is 2.22. The molecule has 0 aliphatic rings. The minimum Gasteiger partial charge on any atom is -0.368 e. The Hall–Kier alpha value is -0.320. The zero-order valence-corrected chi connectivity index (χ0v) is 8.69. The number of anilines is 1. The highest BCUT2D eigenvalue weighted by atomic mass is 79.9. The van der Waals surface area contributed by atoms with Gasteiger partial charge in [0.15, 0.2) is 0 Å². The third-order valence-electron chi connectivity index (χ3n) is 1.24. The summed E-state index contributed by atoms with van der Waals surface area (Å²) in [6, 6.07) is 1.79. The van der Waals surface area contributed by atoms with Crippen molar-refractivity contribution in [1.29, 1.82) is 0 Å². The number of nitrogens with one attached hydrogen (secondary N) is 1. The van der Waals surface area contributed by atoms with E-state index in [0.717, 1.165) is 10.3 Å². The lowest BCUT2D eigenvalue weighted by atomic mass is 10.4. The van der Waals surface area contributed by atoms with Gasteiger partial charge in [-0.3, -0.25) is 0 Å². The van der Waals surface area contributed by atoms with Crippen molar-refractivity contribution in [2.45, 2.75) is 0 Å². The highest BCUT2D eigenvalue weighted by molar-refractivity contribution is 9.10. The molecule has 0 saturated heterocycles. The largest absolute Gasteiger partial charge is 0.368 e. The van der Waals surface area contributed by atoms with E-state index < -0.39 is 0 Å². The first-order chi connectivity index (χ1) is 5.74. The van der Waals surface area contributed by atoms with Gasteiger partial charge in [0.25, 0.3) is 0 Å². The van der Waals surface area contributed by atoms with Crippen LogP contribution >= 0.6 is 27.5 Å². The molecule has 0 amide bonds. The zero-order chi connectivity index (χ0) is 8.97. The SMILES string of the molecule is NCCNc1ncc(Cl)cc1Br. The molecule has 0 spiro atoms. The fourth-order valence-electron chi connectivity index (χ4n) is 0.735. The minimum absolute atomic E-state index is 0.580. The Labute approximate surface area is 84.4 Å². The van der Waals surface area contributed by atoms with Gasteiger partial charge in [-0.25, -0.2) is 4.98 Å². The van der Waals surface area contributed by atoms with Crippen LogP contribution < -0.4 is 11.1 Å². The van der Waals surface area contributed by atoms with Gasteiger partial charge in [0.1, 0.15) is 5.82 Å². The smallest absolute Gasteiger partial charge is 0.140 e. The first-order valence-electron chi connectivity index (χ1n) is 3.49. The van der Waals surface area contributed by atoms with Crippen molar-refractivity contribution in [2.24, 2.45) is 5.73 Å². The minimum atomic E-state index is 0.580. The van der Waals surface area contributed by atoms with Gasteiger partial charge >= 0.3 is 0 Å². The average Bonchev–Trinajstić information content (AvgIpc) is 2.03. The Morgan fingerprint density at radius 3 is 3.00 bits per heavy atom. The van der Waals surface area contributed by atoms with Gasteiger partial charge in [-0.1, -0.05) is 11.6 Å². The lowest BCUT2D eigenvalue weighted by Crippen LogP contribution is -2.14. The van der Waals surface area contributed by atoms with Gasteiger partial charge in [-0.15, -0.1) is 0 Å². The van der Waals surface area contributed by atoms with Crippen LogP contribution in [0.15, 0.2) is 16.7 Å². The molecule has 0 radical (unpaired) electrons. The number of aromatic nitrogens is 1. The second kappa shape index (κ2) is 4.64. The van der Waals surface area contributed by atoms with E-state index in [4.69, 9.17) is 17.3 Å². The molecule has 1 aromatic rings. The standard InChI is InChI=1S/C7H9BrClN3/c8-6-3-5(9)4-12-7(6)11-2-1-10/h3-4H,1-2,10H2,(H,11,12). The third-order valence-corrected chi connectivity index (χ3v) is 2.06. The number of pyridine rings is 1. The summed E-state index contributed by atoms with van der Waals surface area (Å²) < 4.78 is 0.850. The molecule has 1 heterocycles. The molecule has 0 aliphatic carbocycles. The maximum atomic E-state index is 5.71. The Kier molecular flexibility index (Phi) is 3.78. The molecule has 5 heteroatoms. The fourth-order valence-corrected chi connectivity index (χ4v) is 1.51. The summed E-state index contributed by atoms with van der Waals surface area (Å²) >= 11 is 9.03. The quantitative estimate of drug-likeness (QED) is 0.861. The molecule has 1 rings (SSSR count). The van der Waals surface area contributed by atoms with Gasteiger partial charge in [-0.05, 0) is 22.0 Å². The van der Waals surface area contributed by atoms with Crippen LogP contribution in [-0.4, -0.2) is 18.1 Å². The molecule has 0 aromatic carbocycles. The number of hydrogen-bond donors (Lipinski definition) is 2. The van der Waals surface area contributed by atoms with E-state index in [9.17, 15) is 0 Å². The third kappa shape index (κ3) is 2.62. The average molecular weight is 251 g/mol. The van der Waals surface area contributed by atoms with Crippen LogP contribution in [0.4, 0.5) is 5.82 Å². The Morgan fingerprint density at radius 1 is 1.67 bits per heavy atom. The fraction of sp³-hybridized carbons (Fsp3) is 0.286. The van der Waals surface area contributed by atoms with Gasteiger partial charge in [0.2, 0.25) is 0 Å². The normalized spacial score (nSPS) is 9.92. The van der Waals surface area contributed by atoms with E-state index in [0.29, 0.717) is 18.1 Å². The van der Waals surface area contributed by atoms with Crippen molar-refractivity contribution in [1.82, 2.24) is 4.98 Å². The lowest BCUT2D eigenvalue weighted by Gasteiger charge is -2.05. The van der Waals surface area contributed by atoms with E-state index in [2.05, 4.69) is 26.2 Å². The molecular weight excluding hydrogens is 241 g/mol. The number of hydrogen-bond acceptors (Lipinski definition) is 3. The molecule has 0 unspecified atom stereocenters. The molecule has 66 valence electrons. The van der Waals surface area contributed by atoms with Crippen molar-refractivity contribution < 1.29 is 0 Å². The van der Waals surface area contributed by atoms with Crippen molar-refractivity contribution >= 4 is 33.3 Å². The van der Waals surface area contributed by atoms with E-state index in [1.54, 1.807) is 12.3 Å². The van der Waals surface area contributed by atoms with Crippen LogP contribution in [0.2, 0.25) is 5.02 Å². The Bertz CT molecular complexity index is 267. The lowest BCUT2D eigenvalue weighted by molar-refractivity contribution is 1.01. The number of nitrogens with zero attached hydrogens (tertiary/aromatic N) is 1. The summed E-state index contributed by atoms with van der Waals surface area (Å²) in [5, 5.41) is 3.66. The maximum absolute atomic E-state index is 5.71. The molecule has 3 N–H and O–H groups in total. The number of rotatable bonds is 3. The van der Waals surface area contributed by atoms with Crippen molar-refractivity contribution in [3.63, 3.8) is 0 Å². The predicted octanol–water partition coefficient (Wildman–Crippen LogP) is 1.87. The van der Waals surface area contributed by atoms with E-state index in [1.165, 1.54) is 0 Å². The van der Waals surface area contributed by atoms with Crippen molar-refractivity contribution in [3.05, 3.63) is 21.8 Å². The molecular formula is C7H9BrClN3. The molecule has 0 aliphatic heterocycles. The topological polar surface area (TPSA) is 50.9 Å². The summed E-state index contributed by atoms with van der Waals surface area (Å²) in [4.78, 5) is 4.07. The molecule has 0 bridgehead atoms. The van der Waals surface area contributed by atoms with Crippen LogP contribution in [0.3, 0.4) is 0 Å². The molecule has 0 atom stereocenters. The maximum Gasteiger partial charge on any atom is 0.140 e. The summed E-state index contributed by atoms with van der Waals surface area (Å²) in [5.74, 6) is 0.768. The Balaban J connectivity index is 2.72. The highest BCUT2D eigenvalue weighted by Gasteiger charge is 1.99. The van der Waals surface area contributed by atoms with Gasteiger partial charge in [0, 0.05) is 19.3 Å². The molecule has 0 saturated carbocycles. The summed E-state index contributed by atoms with van der Waals surface area (Å²) in [5.41, 5.74) is 5.32. The number of halogens is 2. The van der Waals surface area contributed by atoms with Crippen LogP contribution in [0.1, 0.15) is 0 Å². The molecule has 12 heavy (non-hydrogen) atoms. The summed E-state index contributed by atoms with van der Waals surface area (Å²) in [6.45, 7) is 1.28. The first-order valence-corrected chi connectivity index (χ1v) is 4.66. The van der Waals surface area contributed by atoms with Crippen LogP contribution in [0, 0.1) is 0 Å². The Morgan fingerprint density at radius 2 is 2.42 bits per heavy atom. The molecule has 1 aromatic heterocycles. The van der Waals surface area contributed by atoms with Gasteiger partial charge < -0.3 is 11.1 Å². The van der Waals surface area contributed by atoms with Gasteiger partial charge in [-0.2, -0.15) is 0 Å². The van der Waals surface area contributed by atoms with Crippen LogP contribution in [0.25, 0.3) is 0 Å². The van der Waals surface area contributed by atoms with E-state index in [1.807, 2.05) is 0 Å². The summed E-state index contributed by atoms with van der Waals surface area (Å²) in [7, 11) is 0. The van der Waals surface area contributed by atoms with Crippen molar-refractivity contribution in [3.8, 4) is 0 Å². The number of nitrogens with two attached hydrogens (primary N) is 1. The summed E-state index contributed by atoms with van der Waals surface area (Å²) in [6.07, 6.45) is 1.59. The zero-order valence-electron chi connectivity index (χ0n) is 6.35. The van der Waals surface area contributed by atoms with Crippen molar-refractivity contribution in [2.75, 3.05) is 18.4 Å².